The van der Waals surface area contributed by atoms with Crippen molar-refractivity contribution < 1.29 is 24.1 Å². The maximum absolute atomic E-state index is 12.3. The SMILES string of the molecule is O=C(O)Oc1cnn(-c2nc3c4c(ccc3c(=O)[nH]2)OCCO4)c1. The van der Waals surface area contributed by atoms with Crippen molar-refractivity contribution in [3.63, 3.8) is 0 Å². The van der Waals surface area contributed by atoms with Gasteiger partial charge in [0.15, 0.2) is 17.2 Å². The molecular formula is C14H10N4O6. The topological polar surface area (TPSA) is 129 Å². The second-order valence-corrected chi connectivity index (χ2v) is 4.86. The van der Waals surface area contributed by atoms with Crippen LogP contribution in [-0.4, -0.2) is 44.2 Å². The monoisotopic (exact) mass is 330 g/mol. The number of ether oxygens (including phenoxy) is 3. The van der Waals surface area contributed by atoms with Crippen molar-refractivity contribution >= 4 is 17.1 Å². The minimum absolute atomic E-state index is 0.0000742. The molecule has 0 saturated carbocycles. The van der Waals surface area contributed by atoms with E-state index in [-0.39, 0.29) is 17.3 Å². The molecule has 1 aromatic carbocycles. The van der Waals surface area contributed by atoms with Crippen LogP contribution in [0.15, 0.2) is 29.3 Å². The first-order chi connectivity index (χ1) is 11.6. The summed E-state index contributed by atoms with van der Waals surface area (Å²) in [7, 11) is 0. The van der Waals surface area contributed by atoms with E-state index in [1.165, 1.54) is 17.1 Å². The molecule has 0 radical (unpaired) electrons. The zero-order chi connectivity index (χ0) is 16.7. The fourth-order valence-corrected chi connectivity index (χ4v) is 2.38. The third-order valence-electron chi connectivity index (χ3n) is 3.35. The van der Waals surface area contributed by atoms with Gasteiger partial charge in [-0.2, -0.15) is 5.10 Å². The lowest BCUT2D eigenvalue weighted by molar-refractivity contribution is 0.144. The summed E-state index contributed by atoms with van der Waals surface area (Å²) in [5.41, 5.74) is -0.0506. The number of aromatic amines is 1. The molecule has 0 aliphatic carbocycles. The van der Waals surface area contributed by atoms with Crippen LogP contribution in [0.4, 0.5) is 4.79 Å². The normalized spacial score (nSPS) is 13.0. The molecule has 2 aromatic heterocycles. The average Bonchev–Trinajstić information content (AvgIpc) is 3.02. The lowest BCUT2D eigenvalue weighted by atomic mass is 10.2. The highest BCUT2D eigenvalue weighted by Crippen LogP contribution is 2.35. The van der Waals surface area contributed by atoms with Crippen LogP contribution < -0.4 is 19.8 Å². The highest BCUT2D eigenvalue weighted by atomic mass is 16.7. The van der Waals surface area contributed by atoms with Gasteiger partial charge in [-0.3, -0.25) is 9.78 Å². The van der Waals surface area contributed by atoms with Crippen LogP contribution in [0.1, 0.15) is 0 Å². The molecule has 1 aliphatic rings. The number of nitrogens with zero attached hydrogens (tertiary/aromatic N) is 3. The van der Waals surface area contributed by atoms with Gasteiger partial charge in [0.1, 0.15) is 18.7 Å². The molecule has 0 atom stereocenters. The number of aromatic nitrogens is 4. The predicted molar refractivity (Wildman–Crippen MR) is 79.1 cm³/mol. The number of fused-ring (bicyclic) bond motifs is 3. The summed E-state index contributed by atoms with van der Waals surface area (Å²) in [4.78, 5) is 29.7. The van der Waals surface area contributed by atoms with Crippen LogP contribution in [0.3, 0.4) is 0 Å². The predicted octanol–water partition coefficient (Wildman–Crippen LogP) is 0.937. The fourth-order valence-electron chi connectivity index (χ4n) is 2.38. The molecule has 0 amide bonds. The van der Waals surface area contributed by atoms with E-state index in [0.717, 1.165) is 0 Å². The van der Waals surface area contributed by atoms with Crippen molar-refractivity contribution in [2.24, 2.45) is 0 Å². The lowest BCUT2D eigenvalue weighted by Crippen LogP contribution is -2.18. The lowest BCUT2D eigenvalue weighted by Gasteiger charge is -2.19. The van der Waals surface area contributed by atoms with Crippen LogP contribution in [0.2, 0.25) is 0 Å². The van der Waals surface area contributed by atoms with Crippen molar-refractivity contribution in [2.75, 3.05) is 13.2 Å². The standard InChI is InChI=1S/C14H10N4O6/c19-12-8-1-2-9-11(23-4-3-22-9)10(8)16-13(17-12)18-6-7(5-15-18)24-14(20)21/h1-2,5-6H,3-4H2,(H,20,21)(H,16,17,19). The van der Waals surface area contributed by atoms with E-state index in [1.54, 1.807) is 12.1 Å². The molecule has 3 aromatic rings. The Hall–Kier alpha value is -3.56. The average molecular weight is 330 g/mol. The molecule has 0 bridgehead atoms. The molecule has 10 nitrogen and oxygen atoms in total. The molecular weight excluding hydrogens is 320 g/mol. The Bertz CT molecular complexity index is 1010. The molecule has 3 heterocycles. The quantitative estimate of drug-likeness (QED) is 0.664. The molecule has 0 unspecified atom stereocenters. The molecule has 0 saturated heterocycles. The number of H-pyrrole nitrogens is 1. The van der Waals surface area contributed by atoms with Gasteiger partial charge in [0.2, 0.25) is 5.95 Å². The summed E-state index contributed by atoms with van der Waals surface area (Å²) in [6.45, 7) is 0.776. The van der Waals surface area contributed by atoms with E-state index >= 15 is 0 Å². The molecule has 10 heteroatoms. The van der Waals surface area contributed by atoms with Crippen molar-refractivity contribution in [1.29, 1.82) is 0 Å². The first kappa shape index (κ1) is 14.1. The number of carbonyl (C=O) groups is 1. The molecule has 1 aliphatic heterocycles. The third-order valence-corrected chi connectivity index (χ3v) is 3.35. The summed E-state index contributed by atoms with van der Waals surface area (Å²) < 4.78 is 16.7. The second kappa shape index (κ2) is 5.26. The van der Waals surface area contributed by atoms with Gasteiger partial charge in [-0.25, -0.2) is 14.5 Å². The van der Waals surface area contributed by atoms with Gasteiger partial charge in [0.25, 0.3) is 5.56 Å². The van der Waals surface area contributed by atoms with Crippen LogP contribution >= 0.6 is 0 Å². The van der Waals surface area contributed by atoms with Crippen molar-refractivity contribution in [2.45, 2.75) is 0 Å². The van der Waals surface area contributed by atoms with E-state index in [4.69, 9.17) is 14.6 Å². The van der Waals surface area contributed by atoms with Gasteiger partial charge in [0, 0.05) is 0 Å². The van der Waals surface area contributed by atoms with Gasteiger partial charge < -0.3 is 19.3 Å². The van der Waals surface area contributed by atoms with E-state index in [9.17, 15) is 9.59 Å². The number of carboxylic acid groups (broad SMARTS) is 1. The number of hydrogen-bond acceptors (Lipinski definition) is 7. The summed E-state index contributed by atoms with van der Waals surface area (Å²) in [6, 6.07) is 3.25. The number of hydrogen-bond donors (Lipinski definition) is 2. The van der Waals surface area contributed by atoms with E-state index in [1.807, 2.05) is 0 Å². The number of benzene rings is 1. The first-order valence-electron chi connectivity index (χ1n) is 6.90. The Balaban J connectivity index is 1.86. The van der Waals surface area contributed by atoms with Crippen molar-refractivity contribution in [1.82, 2.24) is 19.7 Å². The van der Waals surface area contributed by atoms with Crippen LogP contribution in [0.5, 0.6) is 17.2 Å². The Morgan fingerprint density at radius 1 is 1.33 bits per heavy atom. The number of nitrogens with one attached hydrogen (secondary N) is 1. The van der Waals surface area contributed by atoms with Gasteiger partial charge in [-0.15, -0.1) is 0 Å². The smallest absolute Gasteiger partial charge is 0.486 e. The van der Waals surface area contributed by atoms with Crippen LogP contribution in [0, 0.1) is 0 Å². The largest absolute Gasteiger partial charge is 0.511 e. The Labute approximate surface area is 133 Å². The van der Waals surface area contributed by atoms with Gasteiger partial charge >= 0.3 is 6.16 Å². The molecule has 2 N–H and O–H groups in total. The zero-order valence-corrected chi connectivity index (χ0v) is 12.1. The van der Waals surface area contributed by atoms with Crippen molar-refractivity contribution in [3.05, 3.63) is 34.9 Å². The minimum Gasteiger partial charge on any atom is -0.486 e. The Morgan fingerprint density at radius 3 is 3.00 bits per heavy atom. The first-order valence-corrected chi connectivity index (χ1v) is 6.90. The maximum Gasteiger partial charge on any atom is 0.511 e. The summed E-state index contributed by atoms with van der Waals surface area (Å²) in [5.74, 6) is 0.990. The molecule has 0 spiro atoms. The summed E-state index contributed by atoms with van der Waals surface area (Å²) in [5, 5.41) is 12.9. The molecule has 24 heavy (non-hydrogen) atoms. The minimum atomic E-state index is -1.46. The van der Waals surface area contributed by atoms with Crippen molar-refractivity contribution in [3.8, 4) is 23.2 Å². The fraction of sp³-hybridized carbons (Fsp3) is 0.143. The number of rotatable bonds is 2. The highest BCUT2D eigenvalue weighted by molar-refractivity contribution is 5.87. The molecule has 4 rings (SSSR count). The van der Waals surface area contributed by atoms with Gasteiger partial charge in [0.05, 0.1) is 17.8 Å². The van der Waals surface area contributed by atoms with E-state index < -0.39 is 6.16 Å². The van der Waals surface area contributed by atoms with Gasteiger partial charge in [-0.1, -0.05) is 0 Å². The van der Waals surface area contributed by atoms with E-state index in [2.05, 4.69) is 19.8 Å². The second-order valence-electron chi connectivity index (χ2n) is 4.86. The maximum atomic E-state index is 12.3. The highest BCUT2D eigenvalue weighted by Gasteiger charge is 2.19. The van der Waals surface area contributed by atoms with Crippen LogP contribution in [0.25, 0.3) is 16.9 Å². The third kappa shape index (κ3) is 2.29. The summed E-state index contributed by atoms with van der Waals surface area (Å²) in [6.07, 6.45) is 1.01. The molecule has 122 valence electrons. The van der Waals surface area contributed by atoms with Gasteiger partial charge in [-0.05, 0) is 12.1 Å². The zero-order valence-electron chi connectivity index (χ0n) is 12.1. The Morgan fingerprint density at radius 2 is 2.17 bits per heavy atom. The van der Waals surface area contributed by atoms with E-state index in [0.29, 0.717) is 35.6 Å². The summed E-state index contributed by atoms with van der Waals surface area (Å²) >= 11 is 0. The Kier molecular flexibility index (Phi) is 3.08. The van der Waals surface area contributed by atoms with Crippen LogP contribution in [-0.2, 0) is 0 Å². The molecule has 0 fully saturated rings.